The normalized spacial score (nSPS) is 19.1. The van der Waals surface area contributed by atoms with Gasteiger partial charge in [-0.05, 0) is 53.4 Å². The quantitative estimate of drug-likeness (QED) is 0.634. The second-order valence-electron chi connectivity index (χ2n) is 7.03. The highest BCUT2D eigenvalue weighted by Gasteiger charge is 2.30. The number of rotatable bonds is 6. The molecule has 3 nitrogen and oxygen atoms in total. The van der Waals surface area contributed by atoms with Crippen molar-refractivity contribution in [3.05, 3.63) is 82.6 Å². The Bertz CT molecular complexity index is 876. The Kier molecular flexibility index (Phi) is 5.66. The topological polar surface area (TPSA) is 38.3 Å². The third-order valence-electron chi connectivity index (χ3n) is 4.98. The second kappa shape index (κ2) is 8.51. The lowest BCUT2D eigenvalue weighted by Crippen LogP contribution is -2.32. The Labute approximate surface area is 164 Å². The summed E-state index contributed by atoms with van der Waals surface area (Å²) >= 11 is 1.80. The third-order valence-corrected chi connectivity index (χ3v) is 5.94. The predicted octanol–water partition coefficient (Wildman–Crippen LogP) is 4.68. The molecule has 138 valence electrons. The maximum absolute atomic E-state index is 12.3. The Morgan fingerprint density at radius 1 is 1.04 bits per heavy atom. The van der Waals surface area contributed by atoms with E-state index in [2.05, 4.69) is 41.0 Å². The van der Waals surface area contributed by atoms with Gasteiger partial charge in [0, 0.05) is 4.88 Å². The molecule has 1 saturated heterocycles. The standard InChI is InChI=1S/C23H23NO2S/c25-23(26-15-17-7-3-1-4-8-17)22-12-18(14-24-22)11-21-13-20(16-27-21)19-9-5-2-6-10-19/h1-10,13,16,18,22,24H,11-12,14-15H2/t18-,22+/m0/s1. The summed E-state index contributed by atoms with van der Waals surface area (Å²) in [5.74, 6) is 0.332. The monoisotopic (exact) mass is 377 g/mol. The molecule has 0 aliphatic carbocycles. The van der Waals surface area contributed by atoms with Crippen molar-refractivity contribution in [2.45, 2.75) is 25.5 Å². The van der Waals surface area contributed by atoms with Gasteiger partial charge in [-0.2, -0.15) is 0 Å². The molecule has 2 heterocycles. The van der Waals surface area contributed by atoms with Crippen LogP contribution in [-0.4, -0.2) is 18.6 Å². The zero-order valence-electron chi connectivity index (χ0n) is 15.1. The number of hydrogen-bond donors (Lipinski definition) is 1. The van der Waals surface area contributed by atoms with Crippen LogP contribution < -0.4 is 5.32 Å². The average molecular weight is 378 g/mol. The SMILES string of the molecule is O=C(OCc1ccccc1)[C@H]1C[C@H](Cc2cc(-c3ccccc3)cs2)CN1. The minimum Gasteiger partial charge on any atom is -0.460 e. The highest BCUT2D eigenvalue weighted by Crippen LogP contribution is 2.29. The first-order valence-corrected chi connectivity index (χ1v) is 10.2. The largest absolute Gasteiger partial charge is 0.460 e. The summed E-state index contributed by atoms with van der Waals surface area (Å²) in [4.78, 5) is 13.7. The van der Waals surface area contributed by atoms with E-state index in [0.29, 0.717) is 12.5 Å². The highest BCUT2D eigenvalue weighted by molar-refractivity contribution is 7.10. The van der Waals surface area contributed by atoms with E-state index in [0.717, 1.165) is 24.9 Å². The summed E-state index contributed by atoms with van der Waals surface area (Å²) < 4.78 is 5.47. The smallest absolute Gasteiger partial charge is 0.323 e. The molecular formula is C23H23NO2S. The zero-order valence-corrected chi connectivity index (χ0v) is 16.0. The molecule has 0 radical (unpaired) electrons. The third kappa shape index (κ3) is 4.65. The minimum atomic E-state index is -0.188. The van der Waals surface area contributed by atoms with Crippen LogP contribution >= 0.6 is 11.3 Å². The molecule has 3 aromatic rings. The average Bonchev–Trinajstić information content (AvgIpc) is 3.38. The van der Waals surface area contributed by atoms with Gasteiger partial charge < -0.3 is 10.1 Å². The fourth-order valence-electron chi connectivity index (χ4n) is 3.53. The molecule has 1 aliphatic rings. The van der Waals surface area contributed by atoms with Crippen LogP contribution in [0, 0.1) is 5.92 Å². The molecule has 0 amide bonds. The van der Waals surface area contributed by atoms with E-state index >= 15 is 0 Å². The van der Waals surface area contributed by atoms with Crippen LogP contribution in [0.15, 0.2) is 72.1 Å². The highest BCUT2D eigenvalue weighted by atomic mass is 32.1. The van der Waals surface area contributed by atoms with Crippen molar-refractivity contribution in [1.29, 1.82) is 0 Å². The van der Waals surface area contributed by atoms with Gasteiger partial charge in [0.2, 0.25) is 0 Å². The van der Waals surface area contributed by atoms with E-state index in [1.165, 1.54) is 16.0 Å². The van der Waals surface area contributed by atoms with E-state index in [9.17, 15) is 4.79 Å². The van der Waals surface area contributed by atoms with Gasteiger partial charge in [-0.15, -0.1) is 11.3 Å². The maximum atomic E-state index is 12.3. The van der Waals surface area contributed by atoms with Crippen LogP contribution in [-0.2, 0) is 22.6 Å². The van der Waals surface area contributed by atoms with E-state index in [1.807, 2.05) is 36.4 Å². The maximum Gasteiger partial charge on any atom is 0.323 e. The van der Waals surface area contributed by atoms with Gasteiger partial charge in [-0.25, -0.2) is 0 Å². The summed E-state index contributed by atoms with van der Waals surface area (Å²) in [6.07, 6.45) is 1.85. The van der Waals surface area contributed by atoms with Crippen LogP contribution in [0.2, 0.25) is 0 Å². The number of nitrogens with one attached hydrogen (secondary N) is 1. The zero-order chi connectivity index (χ0) is 18.5. The summed E-state index contributed by atoms with van der Waals surface area (Å²) in [5.41, 5.74) is 3.56. The Hall–Kier alpha value is -2.43. The number of carbonyl (C=O) groups excluding carboxylic acids is 1. The molecule has 4 rings (SSSR count). The Morgan fingerprint density at radius 3 is 2.56 bits per heavy atom. The molecule has 27 heavy (non-hydrogen) atoms. The van der Waals surface area contributed by atoms with Crippen LogP contribution in [0.5, 0.6) is 0 Å². The van der Waals surface area contributed by atoms with Crippen molar-refractivity contribution >= 4 is 17.3 Å². The van der Waals surface area contributed by atoms with Crippen LogP contribution in [0.4, 0.5) is 0 Å². The summed E-state index contributed by atoms with van der Waals surface area (Å²) in [5, 5.41) is 5.55. The van der Waals surface area contributed by atoms with Crippen molar-refractivity contribution in [2.24, 2.45) is 5.92 Å². The number of carbonyl (C=O) groups is 1. The summed E-state index contributed by atoms with van der Waals surface area (Å²) in [6, 6.07) is 22.4. The van der Waals surface area contributed by atoms with Gasteiger partial charge in [-0.3, -0.25) is 4.79 Å². The van der Waals surface area contributed by atoms with Gasteiger partial charge in [0.25, 0.3) is 0 Å². The molecule has 0 saturated carbocycles. The minimum absolute atomic E-state index is 0.141. The molecule has 0 spiro atoms. The lowest BCUT2D eigenvalue weighted by molar-refractivity contribution is -0.147. The summed E-state index contributed by atoms with van der Waals surface area (Å²) in [7, 11) is 0. The number of hydrogen-bond acceptors (Lipinski definition) is 4. The number of thiophene rings is 1. The number of benzene rings is 2. The molecule has 4 heteroatoms. The van der Waals surface area contributed by atoms with Gasteiger partial charge in [0.05, 0.1) is 0 Å². The lowest BCUT2D eigenvalue weighted by atomic mass is 10.00. The number of esters is 1. The molecule has 0 bridgehead atoms. The first-order chi connectivity index (χ1) is 13.3. The van der Waals surface area contributed by atoms with Gasteiger partial charge >= 0.3 is 5.97 Å². The van der Waals surface area contributed by atoms with E-state index in [4.69, 9.17) is 4.74 Å². The van der Waals surface area contributed by atoms with Gasteiger partial charge in [-0.1, -0.05) is 60.7 Å². The molecule has 1 fully saturated rings. The molecule has 1 N–H and O–H groups in total. The van der Waals surface area contributed by atoms with E-state index < -0.39 is 0 Å². The lowest BCUT2D eigenvalue weighted by Gasteiger charge is -2.11. The molecule has 1 aliphatic heterocycles. The Balaban J connectivity index is 1.28. The summed E-state index contributed by atoms with van der Waals surface area (Å²) in [6.45, 7) is 1.21. The van der Waals surface area contributed by atoms with Crippen molar-refractivity contribution in [3.8, 4) is 11.1 Å². The van der Waals surface area contributed by atoms with Crippen molar-refractivity contribution in [2.75, 3.05) is 6.54 Å². The molecule has 2 atom stereocenters. The predicted molar refractivity (Wildman–Crippen MR) is 110 cm³/mol. The fourth-order valence-corrected chi connectivity index (χ4v) is 4.54. The number of ether oxygens (including phenoxy) is 1. The van der Waals surface area contributed by atoms with Crippen molar-refractivity contribution < 1.29 is 9.53 Å². The van der Waals surface area contributed by atoms with Crippen molar-refractivity contribution in [1.82, 2.24) is 5.32 Å². The van der Waals surface area contributed by atoms with Gasteiger partial charge in [0.15, 0.2) is 0 Å². The van der Waals surface area contributed by atoms with Crippen LogP contribution in [0.1, 0.15) is 16.9 Å². The second-order valence-corrected chi connectivity index (χ2v) is 8.02. The Morgan fingerprint density at radius 2 is 1.78 bits per heavy atom. The van der Waals surface area contributed by atoms with Crippen molar-refractivity contribution in [3.63, 3.8) is 0 Å². The van der Waals surface area contributed by atoms with E-state index in [-0.39, 0.29) is 12.0 Å². The van der Waals surface area contributed by atoms with Crippen LogP contribution in [0.25, 0.3) is 11.1 Å². The molecule has 1 aromatic heterocycles. The van der Waals surface area contributed by atoms with Crippen LogP contribution in [0.3, 0.4) is 0 Å². The van der Waals surface area contributed by atoms with Gasteiger partial charge in [0.1, 0.15) is 12.6 Å². The first kappa shape index (κ1) is 18.0. The molecule has 2 aromatic carbocycles. The first-order valence-electron chi connectivity index (χ1n) is 9.35. The fraction of sp³-hybridized carbons (Fsp3) is 0.261. The molecule has 0 unspecified atom stereocenters. The van der Waals surface area contributed by atoms with E-state index in [1.54, 1.807) is 11.3 Å². The molecular weight excluding hydrogens is 354 g/mol.